The molecule has 2 fully saturated rings. The lowest BCUT2D eigenvalue weighted by Crippen LogP contribution is -2.12. The Morgan fingerprint density at radius 1 is 1.13 bits per heavy atom. The van der Waals surface area contributed by atoms with Gasteiger partial charge in [-0.25, -0.2) is 0 Å². The second-order valence-electron chi connectivity index (χ2n) is 9.24. The summed E-state index contributed by atoms with van der Waals surface area (Å²) >= 11 is 0. The van der Waals surface area contributed by atoms with Gasteiger partial charge in [0.2, 0.25) is 0 Å². The predicted octanol–water partition coefficient (Wildman–Crippen LogP) is 4.53. The van der Waals surface area contributed by atoms with Crippen molar-refractivity contribution in [1.82, 2.24) is 0 Å². The quantitative estimate of drug-likeness (QED) is 0.513. The fraction of sp³-hybridized carbons (Fsp3) is 0.636. The van der Waals surface area contributed by atoms with Crippen LogP contribution >= 0.6 is 0 Å². The van der Waals surface area contributed by atoms with E-state index in [1.807, 2.05) is 5.57 Å². The number of allylic oxidation sites excluding steroid dienone is 2. The maximum Gasteiger partial charge on any atom is 0.139 e. The molecule has 0 spiro atoms. The van der Waals surface area contributed by atoms with Crippen LogP contribution in [0.25, 0.3) is 0 Å². The molecular formula is C22H31B. The molecule has 4 rings (SSSR count). The molecule has 3 aliphatic rings. The van der Waals surface area contributed by atoms with Gasteiger partial charge in [0.05, 0.1) is 0 Å². The van der Waals surface area contributed by atoms with Crippen molar-refractivity contribution in [3.05, 3.63) is 40.5 Å². The van der Waals surface area contributed by atoms with Crippen molar-refractivity contribution in [3.63, 3.8) is 0 Å². The molecule has 0 bridgehead atoms. The summed E-state index contributed by atoms with van der Waals surface area (Å²) in [5.74, 6) is 2.66. The minimum absolute atomic E-state index is 0.511. The van der Waals surface area contributed by atoms with Crippen molar-refractivity contribution in [2.45, 2.75) is 71.6 Å². The molecule has 1 unspecified atom stereocenters. The van der Waals surface area contributed by atoms with E-state index in [4.69, 9.17) is 0 Å². The van der Waals surface area contributed by atoms with Crippen molar-refractivity contribution in [2.75, 3.05) is 0 Å². The third kappa shape index (κ3) is 3.30. The molecule has 0 saturated heterocycles. The Kier molecular flexibility index (Phi) is 3.74. The van der Waals surface area contributed by atoms with E-state index >= 15 is 0 Å². The molecule has 0 aromatic heterocycles. The first-order chi connectivity index (χ1) is 10.9. The third-order valence-electron chi connectivity index (χ3n) is 6.55. The van der Waals surface area contributed by atoms with E-state index in [2.05, 4.69) is 46.8 Å². The average molecular weight is 306 g/mol. The Labute approximate surface area is 143 Å². The van der Waals surface area contributed by atoms with Gasteiger partial charge in [-0.15, -0.1) is 0 Å². The summed E-state index contributed by atoms with van der Waals surface area (Å²) in [6.45, 7) is 7.44. The van der Waals surface area contributed by atoms with E-state index in [-0.39, 0.29) is 0 Å². The van der Waals surface area contributed by atoms with Crippen LogP contribution in [0.5, 0.6) is 0 Å². The topological polar surface area (TPSA) is 0 Å². The van der Waals surface area contributed by atoms with Gasteiger partial charge in [0.15, 0.2) is 0 Å². The second-order valence-corrected chi connectivity index (χ2v) is 9.24. The first-order valence-corrected chi connectivity index (χ1v) is 9.76. The highest BCUT2D eigenvalue weighted by Gasteiger charge is 2.45. The van der Waals surface area contributed by atoms with Gasteiger partial charge >= 0.3 is 0 Å². The normalized spacial score (nSPS) is 22.4. The zero-order chi connectivity index (χ0) is 16.2. The number of hydrogen-bond acceptors (Lipinski definition) is 0. The summed E-state index contributed by atoms with van der Waals surface area (Å²) < 4.78 is 0. The molecule has 1 atom stereocenters. The van der Waals surface area contributed by atoms with Gasteiger partial charge in [0.25, 0.3) is 0 Å². The number of benzene rings is 1. The number of rotatable bonds is 7. The highest BCUT2D eigenvalue weighted by molar-refractivity contribution is 6.32. The molecule has 3 aliphatic carbocycles. The minimum Gasteiger partial charge on any atom is -0.0887 e. The standard InChI is InChI=1S/C22H31B/c1-14(11-17-13-21(17)22(2,3)18-6-7-18)10-16-12-19(23)8-9-20(16)15-4-5-15/h8-9,12,14-15,18H,4-7,10-11,13,23H2,1-3H3. The van der Waals surface area contributed by atoms with Crippen molar-refractivity contribution in [1.29, 1.82) is 0 Å². The summed E-state index contributed by atoms with van der Waals surface area (Å²) in [7, 11) is 2.24. The molecule has 0 N–H and O–H groups in total. The Balaban J connectivity index is 1.42. The smallest absolute Gasteiger partial charge is 0.0887 e. The molecule has 1 heteroatoms. The fourth-order valence-corrected chi connectivity index (χ4v) is 4.67. The Hall–Kier alpha value is -0.975. The molecule has 0 radical (unpaired) electrons. The maximum absolute atomic E-state index is 2.49. The summed E-state index contributed by atoms with van der Waals surface area (Å²) in [6, 6.07) is 7.18. The average Bonchev–Trinajstić information content (AvgIpc) is 3.35. The molecule has 1 aromatic rings. The van der Waals surface area contributed by atoms with Crippen LogP contribution in [-0.4, -0.2) is 7.85 Å². The largest absolute Gasteiger partial charge is 0.139 e. The van der Waals surface area contributed by atoms with Crippen molar-refractivity contribution in [3.8, 4) is 0 Å². The van der Waals surface area contributed by atoms with Gasteiger partial charge in [0, 0.05) is 0 Å². The Bertz CT molecular complexity index is 644. The second kappa shape index (κ2) is 5.54. The Morgan fingerprint density at radius 2 is 1.87 bits per heavy atom. The summed E-state index contributed by atoms with van der Waals surface area (Å²) in [4.78, 5) is 0. The van der Waals surface area contributed by atoms with Gasteiger partial charge in [-0.1, -0.05) is 55.6 Å². The molecule has 0 amide bonds. The molecule has 1 aromatic carbocycles. The fourth-order valence-electron chi connectivity index (χ4n) is 4.67. The third-order valence-corrected chi connectivity index (χ3v) is 6.55. The van der Waals surface area contributed by atoms with E-state index in [0.717, 1.165) is 17.8 Å². The molecule has 0 nitrogen and oxygen atoms in total. The van der Waals surface area contributed by atoms with Crippen molar-refractivity contribution >= 4 is 13.3 Å². The highest BCUT2D eigenvalue weighted by atomic mass is 14.5. The molecule has 122 valence electrons. The molecular weight excluding hydrogens is 275 g/mol. The Morgan fingerprint density at radius 3 is 2.52 bits per heavy atom. The van der Waals surface area contributed by atoms with Crippen LogP contribution in [0.3, 0.4) is 0 Å². The van der Waals surface area contributed by atoms with Gasteiger partial charge in [-0.3, -0.25) is 0 Å². The van der Waals surface area contributed by atoms with E-state index in [9.17, 15) is 0 Å². The summed E-state index contributed by atoms with van der Waals surface area (Å²) in [5, 5.41) is 0. The van der Waals surface area contributed by atoms with Crippen LogP contribution < -0.4 is 5.46 Å². The van der Waals surface area contributed by atoms with Crippen molar-refractivity contribution in [2.24, 2.45) is 17.3 Å². The van der Waals surface area contributed by atoms with Crippen LogP contribution in [0.2, 0.25) is 0 Å². The molecule has 0 aliphatic heterocycles. The molecule has 0 heterocycles. The van der Waals surface area contributed by atoms with E-state index in [0.29, 0.717) is 5.41 Å². The van der Waals surface area contributed by atoms with Gasteiger partial charge in [-0.2, -0.15) is 0 Å². The van der Waals surface area contributed by atoms with Crippen LogP contribution in [0, 0.1) is 17.3 Å². The highest BCUT2D eigenvalue weighted by Crippen LogP contribution is 2.58. The lowest BCUT2D eigenvalue weighted by molar-refractivity contribution is 0.391. The number of hydrogen-bond donors (Lipinski definition) is 0. The predicted molar refractivity (Wildman–Crippen MR) is 102 cm³/mol. The summed E-state index contributed by atoms with van der Waals surface area (Å²) in [6.07, 6.45) is 9.71. The minimum atomic E-state index is 0.511. The van der Waals surface area contributed by atoms with Crippen LogP contribution in [0.15, 0.2) is 29.3 Å². The van der Waals surface area contributed by atoms with Crippen molar-refractivity contribution < 1.29 is 0 Å². The van der Waals surface area contributed by atoms with E-state index < -0.39 is 0 Å². The van der Waals surface area contributed by atoms with Crippen LogP contribution in [0.4, 0.5) is 0 Å². The SMILES string of the molecule is Bc1ccc(C2CC2)c(CC(C)CC2=C(C(C)(C)C3CC3)C2)c1. The van der Waals surface area contributed by atoms with Gasteiger partial charge < -0.3 is 0 Å². The first kappa shape index (κ1) is 15.5. The maximum atomic E-state index is 2.49. The monoisotopic (exact) mass is 306 g/mol. The zero-order valence-electron chi connectivity index (χ0n) is 15.4. The van der Waals surface area contributed by atoms with E-state index in [1.165, 1.54) is 50.4 Å². The van der Waals surface area contributed by atoms with Gasteiger partial charge in [-0.05, 0) is 79.2 Å². The lowest BCUT2D eigenvalue weighted by atomic mass is 9.84. The van der Waals surface area contributed by atoms with E-state index in [1.54, 1.807) is 16.7 Å². The molecule has 23 heavy (non-hydrogen) atoms. The lowest BCUT2D eigenvalue weighted by Gasteiger charge is -2.21. The van der Waals surface area contributed by atoms with Gasteiger partial charge in [0.1, 0.15) is 7.85 Å². The van der Waals surface area contributed by atoms with Crippen LogP contribution in [0.1, 0.15) is 76.3 Å². The zero-order valence-corrected chi connectivity index (χ0v) is 15.4. The summed E-state index contributed by atoms with van der Waals surface area (Å²) in [5.41, 5.74) is 8.86. The van der Waals surface area contributed by atoms with Crippen LogP contribution in [-0.2, 0) is 6.42 Å². The molecule has 2 saturated carbocycles. The first-order valence-electron chi connectivity index (χ1n) is 9.76.